The van der Waals surface area contributed by atoms with Crippen LogP contribution in [0.1, 0.15) is 48.6 Å². The van der Waals surface area contributed by atoms with Crippen LogP contribution in [-0.4, -0.2) is 12.6 Å². The molecule has 1 unspecified atom stereocenters. The fraction of sp³-hybridized carbons (Fsp3) is 0.234. The molecule has 2 aliphatic heterocycles. The second-order valence-corrected chi connectivity index (χ2v) is 22.4. The Hall–Kier alpha value is -5.26. The molecule has 1 spiro atoms. The van der Waals surface area contributed by atoms with Crippen LogP contribution in [-0.2, 0) is 18.6 Å². The molecule has 4 nitrogen and oxygen atoms in total. The lowest BCUT2D eigenvalue weighted by atomic mass is 9.87. The van der Waals surface area contributed by atoms with Gasteiger partial charge in [0.05, 0.1) is 24.8 Å². The molecular formula is C47H45N3OSi+2. The maximum absolute atomic E-state index is 6.98. The quantitative estimate of drug-likeness (QED) is 0.133. The van der Waals surface area contributed by atoms with E-state index in [2.05, 4.69) is 182 Å². The molecule has 5 aromatic carbocycles. The van der Waals surface area contributed by atoms with Gasteiger partial charge >= 0.3 is 11.5 Å². The first-order valence-corrected chi connectivity index (χ1v) is 22.2. The van der Waals surface area contributed by atoms with Gasteiger partial charge in [0.2, 0.25) is 5.69 Å². The summed E-state index contributed by atoms with van der Waals surface area (Å²) in [5, 5.41) is 3.84. The van der Waals surface area contributed by atoms with Crippen LogP contribution >= 0.6 is 0 Å². The second-order valence-electron chi connectivity index (χ2n) is 17.4. The van der Waals surface area contributed by atoms with E-state index < -0.39 is 13.7 Å². The van der Waals surface area contributed by atoms with Gasteiger partial charge in [0, 0.05) is 22.0 Å². The average molecular weight is 696 g/mol. The number of fused-ring (bicyclic) bond motifs is 16. The largest absolute Gasteiger partial charge is 0.455 e. The predicted molar refractivity (Wildman–Crippen MR) is 215 cm³/mol. The van der Waals surface area contributed by atoms with Gasteiger partial charge in [-0.2, -0.15) is 4.57 Å². The third kappa shape index (κ3) is 4.26. The Morgan fingerprint density at radius 2 is 1.52 bits per heavy atom. The molecule has 0 fully saturated rings. The van der Waals surface area contributed by atoms with Crippen LogP contribution < -0.4 is 14.3 Å². The highest BCUT2D eigenvalue weighted by molar-refractivity contribution is 6.89. The van der Waals surface area contributed by atoms with Crippen LogP contribution in [0.25, 0.3) is 55.6 Å². The number of aromatic nitrogens is 3. The first kappa shape index (κ1) is 31.5. The maximum Gasteiger partial charge on any atom is 0.364 e. The van der Waals surface area contributed by atoms with Crippen LogP contribution in [0.5, 0.6) is 0 Å². The molecule has 2 aliphatic rings. The number of pyridine rings is 1. The van der Waals surface area contributed by atoms with Gasteiger partial charge in [0.15, 0.2) is 22.8 Å². The number of nitrogens with zero attached hydrogens (tertiary/aromatic N) is 3. The van der Waals surface area contributed by atoms with Gasteiger partial charge in [-0.3, -0.25) is 0 Å². The van der Waals surface area contributed by atoms with Crippen LogP contribution in [0.15, 0.2) is 126 Å². The fourth-order valence-corrected chi connectivity index (χ4v) is 11.1. The lowest BCUT2D eigenvalue weighted by Crippen LogP contribution is -2.61. The van der Waals surface area contributed by atoms with Crippen molar-refractivity contribution < 1.29 is 13.6 Å². The molecule has 0 radical (unpaired) electrons. The zero-order valence-electron chi connectivity index (χ0n) is 31.2. The summed E-state index contributed by atoms with van der Waals surface area (Å²) in [6.45, 7) is 17.6. The Kier molecular flexibility index (Phi) is 6.44. The number of hydrogen-bond donors (Lipinski definition) is 0. The Bertz CT molecular complexity index is 2780. The third-order valence-corrected chi connectivity index (χ3v) is 13.5. The van der Waals surface area contributed by atoms with E-state index >= 15 is 0 Å². The Morgan fingerprint density at radius 3 is 2.31 bits per heavy atom. The summed E-state index contributed by atoms with van der Waals surface area (Å²) in [4.78, 5) is 0. The van der Waals surface area contributed by atoms with Crippen molar-refractivity contribution in [1.82, 2.24) is 4.57 Å². The van der Waals surface area contributed by atoms with E-state index in [0.29, 0.717) is 0 Å². The predicted octanol–water partition coefficient (Wildman–Crippen LogP) is 9.86. The molecule has 0 N–H and O–H groups in total. The van der Waals surface area contributed by atoms with Gasteiger partial charge < -0.3 is 4.42 Å². The van der Waals surface area contributed by atoms with E-state index in [4.69, 9.17) is 4.42 Å². The highest BCUT2D eigenvalue weighted by Crippen LogP contribution is 2.55. The Morgan fingerprint density at radius 1 is 0.769 bits per heavy atom. The third-order valence-electron chi connectivity index (χ3n) is 11.4. The fourth-order valence-electron chi connectivity index (χ4n) is 9.42. The molecule has 3 aromatic heterocycles. The van der Waals surface area contributed by atoms with Gasteiger partial charge in [-0.25, -0.2) is 4.57 Å². The molecule has 52 heavy (non-hydrogen) atoms. The molecule has 0 aliphatic carbocycles. The van der Waals surface area contributed by atoms with E-state index in [1.807, 2.05) is 0 Å². The highest BCUT2D eigenvalue weighted by Gasteiger charge is 2.67. The maximum atomic E-state index is 6.98. The summed E-state index contributed by atoms with van der Waals surface area (Å²) in [6.07, 6.45) is 3.62. The Labute approximate surface area is 306 Å². The van der Waals surface area contributed by atoms with E-state index in [1.165, 1.54) is 66.7 Å². The lowest BCUT2D eigenvalue weighted by Gasteiger charge is -2.26. The molecule has 1 atom stereocenters. The summed E-state index contributed by atoms with van der Waals surface area (Å²) in [6, 6.07) is 42.8. The van der Waals surface area contributed by atoms with E-state index in [1.54, 1.807) is 0 Å². The number of aryl methyl sites for hydroxylation is 1. The lowest BCUT2D eigenvalue weighted by molar-refractivity contribution is -0.734. The standard InChI is InChI=1S/C47H45N3OSi/c1-30-21-22-35-37(25-30)47(49-29-42(52(5,6)7)32(26-40(35)49)27-46(2,3)4)36-24-23-34-33-17-11-14-20-41(33)51-44(34)43(36)45-48(28-31-15-9-8-10-16-31)38-18-12-13-19-39(38)50(45)47/h8-26,29H,27-28H2,1-7H3/q+2. The summed E-state index contributed by atoms with van der Waals surface area (Å²) >= 11 is 0. The molecule has 0 amide bonds. The molecule has 0 saturated carbocycles. The van der Waals surface area contributed by atoms with Gasteiger partial charge in [-0.15, -0.1) is 4.57 Å². The summed E-state index contributed by atoms with van der Waals surface area (Å²) in [5.74, 6) is 1.19. The van der Waals surface area contributed by atoms with E-state index in [0.717, 1.165) is 34.9 Å². The number of imidazole rings is 1. The minimum atomic E-state index is -1.80. The molecular weight excluding hydrogens is 651 g/mol. The van der Waals surface area contributed by atoms with Crippen molar-refractivity contribution in [3.8, 4) is 22.6 Å². The summed E-state index contributed by atoms with van der Waals surface area (Å²) < 4.78 is 14.9. The molecule has 0 saturated heterocycles. The SMILES string of the molecule is Cc1ccc2c(c1)C1(c3ccc4c(oc5ccccc54)c3-c3n1c1ccccc1[n+]3Cc1ccccc1)[n+]1cc([Si](C)(C)C)c(CC(C)(C)C)cc1-2. The minimum Gasteiger partial charge on any atom is -0.455 e. The zero-order chi connectivity index (χ0) is 35.7. The van der Waals surface area contributed by atoms with Crippen LogP contribution in [0.3, 0.4) is 0 Å². The van der Waals surface area contributed by atoms with Crippen molar-refractivity contribution in [2.24, 2.45) is 5.41 Å². The van der Waals surface area contributed by atoms with Gasteiger partial charge in [0.25, 0.3) is 0 Å². The molecule has 5 heteroatoms. The minimum absolute atomic E-state index is 0.166. The topological polar surface area (TPSA) is 25.8 Å². The summed E-state index contributed by atoms with van der Waals surface area (Å²) in [7, 11) is -1.80. The number of rotatable bonds is 4. The van der Waals surface area contributed by atoms with Crippen LogP contribution in [0, 0.1) is 12.3 Å². The van der Waals surface area contributed by atoms with Gasteiger partial charge in [0.1, 0.15) is 17.7 Å². The highest BCUT2D eigenvalue weighted by atomic mass is 28.3. The number of benzene rings is 5. The van der Waals surface area contributed by atoms with Crippen molar-refractivity contribution in [2.45, 2.75) is 66.0 Å². The summed E-state index contributed by atoms with van der Waals surface area (Å²) in [5.41, 5.74) is 14.2. The van der Waals surface area contributed by atoms with Gasteiger partial charge in [-0.05, 0) is 72.4 Å². The number of hydrogen-bond acceptors (Lipinski definition) is 1. The average Bonchev–Trinajstić information content (AvgIpc) is 3.81. The normalized spacial score (nSPS) is 16.2. The van der Waals surface area contributed by atoms with Gasteiger partial charge in [-0.1, -0.05) is 113 Å². The monoisotopic (exact) mass is 695 g/mol. The molecule has 0 bridgehead atoms. The smallest absolute Gasteiger partial charge is 0.364 e. The molecule has 5 heterocycles. The van der Waals surface area contributed by atoms with E-state index in [9.17, 15) is 0 Å². The first-order chi connectivity index (χ1) is 24.9. The molecule has 8 aromatic rings. The molecule has 10 rings (SSSR count). The van der Waals surface area contributed by atoms with Crippen molar-refractivity contribution in [2.75, 3.05) is 0 Å². The second kappa shape index (κ2) is 10.6. The van der Waals surface area contributed by atoms with Crippen LogP contribution in [0.2, 0.25) is 19.6 Å². The van der Waals surface area contributed by atoms with Crippen molar-refractivity contribution in [3.05, 3.63) is 149 Å². The first-order valence-electron chi connectivity index (χ1n) is 18.7. The Balaban J connectivity index is 1.43. The van der Waals surface area contributed by atoms with Crippen molar-refractivity contribution >= 4 is 46.2 Å². The van der Waals surface area contributed by atoms with Crippen molar-refractivity contribution in [3.63, 3.8) is 0 Å². The molecule has 256 valence electrons. The van der Waals surface area contributed by atoms with Crippen LogP contribution in [0.4, 0.5) is 0 Å². The number of para-hydroxylation sites is 3. The van der Waals surface area contributed by atoms with Crippen molar-refractivity contribution in [1.29, 1.82) is 0 Å². The number of furan rings is 1. The van der Waals surface area contributed by atoms with E-state index in [-0.39, 0.29) is 5.41 Å². The zero-order valence-corrected chi connectivity index (χ0v) is 32.2.